The van der Waals surface area contributed by atoms with E-state index in [9.17, 15) is 14.4 Å². The van der Waals surface area contributed by atoms with Crippen LogP contribution in [-0.2, 0) is 25.4 Å². The highest BCUT2D eigenvalue weighted by Gasteiger charge is 2.16. The van der Waals surface area contributed by atoms with Gasteiger partial charge in [0.2, 0.25) is 0 Å². The maximum absolute atomic E-state index is 12.4. The monoisotopic (exact) mass is 430 g/mol. The number of fused-ring (bicyclic) bond motifs is 1. The summed E-state index contributed by atoms with van der Waals surface area (Å²) in [5, 5.41) is 3.95. The summed E-state index contributed by atoms with van der Waals surface area (Å²) >= 11 is 0. The number of nitrogens with zero attached hydrogens (tertiary/aromatic N) is 5. The van der Waals surface area contributed by atoms with Crippen LogP contribution < -0.4 is 30.9 Å². The molecule has 0 unspecified atom stereocenters. The first kappa shape index (κ1) is 21.6. The third kappa shape index (κ3) is 3.99. The number of aryl methyl sites for hydroxylation is 1. The minimum Gasteiger partial charge on any atom is -0.496 e. The maximum atomic E-state index is 12.4. The van der Waals surface area contributed by atoms with Gasteiger partial charge in [-0.3, -0.25) is 18.7 Å². The number of hydrogen-bond donors (Lipinski definition) is 1. The van der Waals surface area contributed by atoms with Crippen LogP contribution in [0.5, 0.6) is 17.2 Å². The van der Waals surface area contributed by atoms with Crippen LogP contribution in [0.2, 0.25) is 0 Å². The molecule has 1 N–H and O–H groups in total. The molecule has 164 valence electrons. The average molecular weight is 430 g/mol. The normalized spacial score (nSPS) is 11.1. The zero-order valence-corrected chi connectivity index (χ0v) is 17.7. The van der Waals surface area contributed by atoms with E-state index in [-0.39, 0.29) is 17.7 Å². The third-order valence-electron chi connectivity index (χ3n) is 4.67. The van der Waals surface area contributed by atoms with E-state index in [0.717, 1.165) is 4.57 Å². The zero-order valence-electron chi connectivity index (χ0n) is 17.7. The number of hydrogen-bond acceptors (Lipinski definition) is 8. The Labute approximate surface area is 176 Å². The fourth-order valence-electron chi connectivity index (χ4n) is 3.04. The molecular weight excluding hydrogens is 408 g/mol. The predicted molar refractivity (Wildman–Crippen MR) is 112 cm³/mol. The van der Waals surface area contributed by atoms with Crippen molar-refractivity contribution in [3.63, 3.8) is 0 Å². The maximum Gasteiger partial charge on any atom is 0.332 e. The Morgan fingerprint density at radius 3 is 2.32 bits per heavy atom. The van der Waals surface area contributed by atoms with Crippen molar-refractivity contribution in [3.05, 3.63) is 44.9 Å². The molecule has 2 aromatic heterocycles. The van der Waals surface area contributed by atoms with Crippen molar-refractivity contribution in [2.24, 2.45) is 19.2 Å². The standard InChI is InChI=1S/C19H22N6O6/c1-23-17-16(18(27)24(2)19(23)28)25(10-20-17)9-15(26)22-21-8-12-13(30-4)6-11(29-3)7-14(12)31-5/h6-8,10H,9H2,1-5H3,(H,22,26)/b21-8+. The largest absolute Gasteiger partial charge is 0.496 e. The van der Waals surface area contributed by atoms with Crippen molar-refractivity contribution >= 4 is 23.3 Å². The van der Waals surface area contributed by atoms with E-state index in [1.807, 2.05) is 0 Å². The molecule has 12 heteroatoms. The van der Waals surface area contributed by atoms with Gasteiger partial charge in [0.1, 0.15) is 23.8 Å². The quantitative estimate of drug-likeness (QED) is 0.399. The van der Waals surface area contributed by atoms with Crippen molar-refractivity contribution in [3.8, 4) is 17.2 Å². The molecule has 3 aromatic rings. The van der Waals surface area contributed by atoms with Gasteiger partial charge in [0.05, 0.1) is 39.4 Å². The molecule has 31 heavy (non-hydrogen) atoms. The SMILES string of the molecule is COc1cc(OC)c(/C=N/NC(=O)Cn2cnc3c2c(=O)n(C)c(=O)n3C)c(OC)c1. The Bertz CT molecular complexity index is 1260. The van der Waals surface area contributed by atoms with Crippen molar-refractivity contribution in [2.45, 2.75) is 6.54 Å². The van der Waals surface area contributed by atoms with E-state index in [0.29, 0.717) is 22.8 Å². The van der Waals surface area contributed by atoms with Crippen molar-refractivity contribution < 1.29 is 19.0 Å². The molecule has 0 bridgehead atoms. The molecule has 0 spiro atoms. The second kappa shape index (κ2) is 8.73. The molecule has 0 radical (unpaired) electrons. The number of imidazole rings is 1. The summed E-state index contributed by atoms with van der Waals surface area (Å²) in [5.41, 5.74) is 2.18. The molecule has 0 fully saturated rings. The summed E-state index contributed by atoms with van der Waals surface area (Å²) < 4.78 is 19.4. The van der Waals surface area contributed by atoms with Gasteiger partial charge in [-0.15, -0.1) is 0 Å². The van der Waals surface area contributed by atoms with Crippen LogP contribution in [0.25, 0.3) is 11.2 Å². The van der Waals surface area contributed by atoms with Gasteiger partial charge < -0.3 is 18.8 Å². The minimum atomic E-state index is -0.542. The topological polar surface area (TPSA) is 131 Å². The number of aromatic nitrogens is 4. The number of rotatable bonds is 7. The molecule has 0 saturated heterocycles. The number of carbonyl (C=O) groups excluding carboxylic acids is 1. The molecule has 0 aliphatic rings. The van der Waals surface area contributed by atoms with Crippen LogP contribution in [0.1, 0.15) is 5.56 Å². The molecule has 3 rings (SSSR count). The number of methoxy groups -OCH3 is 3. The zero-order chi connectivity index (χ0) is 22.7. The molecule has 1 aromatic carbocycles. The number of ether oxygens (including phenoxy) is 3. The van der Waals surface area contributed by atoms with Crippen LogP contribution >= 0.6 is 0 Å². The van der Waals surface area contributed by atoms with Crippen LogP contribution in [0.15, 0.2) is 33.2 Å². The van der Waals surface area contributed by atoms with Gasteiger partial charge in [0.25, 0.3) is 11.5 Å². The Morgan fingerprint density at radius 2 is 1.74 bits per heavy atom. The van der Waals surface area contributed by atoms with Crippen LogP contribution in [-0.4, -0.2) is 52.1 Å². The van der Waals surface area contributed by atoms with Gasteiger partial charge in [-0.1, -0.05) is 0 Å². The van der Waals surface area contributed by atoms with E-state index in [2.05, 4.69) is 15.5 Å². The number of hydrazone groups is 1. The highest BCUT2D eigenvalue weighted by Crippen LogP contribution is 2.32. The van der Waals surface area contributed by atoms with Crippen LogP contribution in [0.4, 0.5) is 0 Å². The fourth-order valence-corrected chi connectivity index (χ4v) is 3.04. The lowest BCUT2D eigenvalue weighted by atomic mass is 10.2. The number of nitrogens with one attached hydrogen (secondary N) is 1. The number of benzene rings is 1. The first-order valence-electron chi connectivity index (χ1n) is 9.05. The molecule has 0 saturated carbocycles. The van der Waals surface area contributed by atoms with E-state index < -0.39 is 17.2 Å². The smallest absolute Gasteiger partial charge is 0.332 e. The fraction of sp³-hybridized carbons (Fsp3) is 0.316. The average Bonchev–Trinajstić information content (AvgIpc) is 3.19. The lowest BCUT2D eigenvalue weighted by Gasteiger charge is -2.12. The van der Waals surface area contributed by atoms with E-state index in [1.165, 1.54) is 57.1 Å². The molecular formula is C19H22N6O6. The lowest BCUT2D eigenvalue weighted by molar-refractivity contribution is -0.121. The molecule has 12 nitrogen and oxygen atoms in total. The lowest BCUT2D eigenvalue weighted by Crippen LogP contribution is -2.38. The van der Waals surface area contributed by atoms with Gasteiger partial charge in [0, 0.05) is 26.2 Å². The van der Waals surface area contributed by atoms with Gasteiger partial charge in [-0.2, -0.15) is 5.10 Å². The van der Waals surface area contributed by atoms with E-state index >= 15 is 0 Å². The highest BCUT2D eigenvalue weighted by molar-refractivity contribution is 5.89. The molecule has 1 amide bonds. The van der Waals surface area contributed by atoms with Crippen molar-refractivity contribution in [1.29, 1.82) is 0 Å². The van der Waals surface area contributed by atoms with E-state index in [4.69, 9.17) is 14.2 Å². The summed E-state index contributed by atoms with van der Waals surface area (Å²) in [5.74, 6) is 0.925. The predicted octanol–water partition coefficient (Wildman–Crippen LogP) is -0.390. The van der Waals surface area contributed by atoms with Gasteiger partial charge in [-0.25, -0.2) is 15.2 Å². The summed E-state index contributed by atoms with van der Waals surface area (Å²) in [7, 11) is 7.36. The molecule has 0 aliphatic carbocycles. The van der Waals surface area contributed by atoms with Crippen molar-refractivity contribution in [1.82, 2.24) is 24.1 Å². The Morgan fingerprint density at radius 1 is 1.10 bits per heavy atom. The summed E-state index contributed by atoms with van der Waals surface area (Å²) in [6.07, 6.45) is 2.70. The van der Waals surface area contributed by atoms with Crippen LogP contribution in [0, 0.1) is 0 Å². The molecule has 0 aliphatic heterocycles. The number of carbonyl (C=O) groups is 1. The van der Waals surface area contributed by atoms with Crippen molar-refractivity contribution in [2.75, 3.05) is 21.3 Å². The summed E-state index contributed by atoms with van der Waals surface area (Å²) in [4.78, 5) is 40.9. The Balaban J connectivity index is 1.83. The Hall–Kier alpha value is -4.09. The first-order chi connectivity index (χ1) is 14.8. The second-order valence-corrected chi connectivity index (χ2v) is 6.49. The molecule has 2 heterocycles. The summed E-state index contributed by atoms with van der Waals surface area (Å²) in [6, 6.07) is 3.31. The third-order valence-corrected chi connectivity index (χ3v) is 4.67. The highest BCUT2D eigenvalue weighted by atomic mass is 16.5. The molecule has 0 atom stereocenters. The van der Waals surface area contributed by atoms with Gasteiger partial charge >= 0.3 is 5.69 Å². The second-order valence-electron chi connectivity index (χ2n) is 6.49. The first-order valence-corrected chi connectivity index (χ1v) is 9.05. The van der Waals surface area contributed by atoms with Gasteiger partial charge in [0.15, 0.2) is 11.2 Å². The van der Waals surface area contributed by atoms with E-state index in [1.54, 1.807) is 12.1 Å². The number of amides is 1. The van der Waals surface area contributed by atoms with Crippen LogP contribution in [0.3, 0.4) is 0 Å². The minimum absolute atomic E-state index is 0.141. The van der Waals surface area contributed by atoms with Gasteiger partial charge in [-0.05, 0) is 0 Å². The summed E-state index contributed by atoms with van der Waals surface area (Å²) in [6.45, 7) is -0.224. The Kier molecular flexibility index (Phi) is 6.09.